The number of pyridine rings is 1. The van der Waals surface area contributed by atoms with E-state index in [1.807, 2.05) is 44.2 Å². The first-order valence-electron chi connectivity index (χ1n) is 8.12. The summed E-state index contributed by atoms with van der Waals surface area (Å²) in [6, 6.07) is 11.2. The molecule has 0 amide bonds. The molecule has 0 aliphatic heterocycles. The summed E-state index contributed by atoms with van der Waals surface area (Å²) in [5.74, 6) is 6.48. The van der Waals surface area contributed by atoms with Crippen molar-refractivity contribution in [2.24, 2.45) is 21.8 Å². The maximum absolute atomic E-state index is 5.45. The molecule has 1 aromatic carbocycles. The molecule has 0 fully saturated rings. The lowest BCUT2D eigenvalue weighted by Gasteiger charge is -2.06. The van der Waals surface area contributed by atoms with Crippen molar-refractivity contribution in [3.05, 3.63) is 53.7 Å². The van der Waals surface area contributed by atoms with Crippen LogP contribution in [0.3, 0.4) is 0 Å². The standard InChI is InChI=1S/C18H23N5O3/c1-3-24-16-7-4-14(5-8-16)11-26-23-13(2)15-6-9-18(21-10-15)25-12-17(19)22-20/h4-10H,3,11-12,20H2,1-2H3,(H2,19,22)/b23-13+. The van der Waals surface area contributed by atoms with Gasteiger partial charge in [-0.05, 0) is 37.6 Å². The zero-order chi connectivity index (χ0) is 18.8. The first-order valence-corrected chi connectivity index (χ1v) is 8.12. The van der Waals surface area contributed by atoms with Crippen molar-refractivity contribution in [3.8, 4) is 11.6 Å². The summed E-state index contributed by atoms with van der Waals surface area (Å²) in [5, 5.41) is 7.44. The van der Waals surface area contributed by atoms with Crippen molar-refractivity contribution in [2.75, 3.05) is 13.2 Å². The van der Waals surface area contributed by atoms with Gasteiger partial charge < -0.3 is 25.9 Å². The predicted octanol–water partition coefficient (Wildman–Crippen LogP) is 2.03. The van der Waals surface area contributed by atoms with Crippen LogP contribution in [-0.4, -0.2) is 29.7 Å². The molecule has 0 radical (unpaired) electrons. The molecule has 0 saturated heterocycles. The van der Waals surface area contributed by atoms with Crippen LogP contribution in [0.15, 0.2) is 52.9 Å². The fourth-order valence-electron chi connectivity index (χ4n) is 1.97. The van der Waals surface area contributed by atoms with Gasteiger partial charge in [0.1, 0.15) is 19.0 Å². The van der Waals surface area contributed by atoms with Crippen LogP contribution >= 0.6 is 0 Å². The van der Waals surface area contributed by atoms with Crippen LogP contribution < -0.4 is 21.1 Å². The smallest absolute Gasteiger partial charge is 0.213 e. The monoisotopic (exact) mass is 357 g/mol. The van der Waals surface area contributed by atoms with Crippen LogP contribution in [0, 0.1) is 0 Å². The first kappa shape index (κ1) is 19.0. The Morgan fingerprint density at radius 2 is 1.88 bits per heavy atom. The van der Waals surface area contributed by atoms with E-state index in [9.17, 15) is 0 Å². The summed E-state index contributed by atoms with van der Waals surface area (Å²) in [6.07, 6.45) is 1.64. The van der Waals surface area contributed by atoms with E-state index in [4.69, 9.17) is 25.9 Å². The molecule has 2 rings (SSSR count). The van der Waals surface area contributed by atoms with Gasteiger partial charge in [-0.25, -0.2) is 4.98 Å². The summed E-state index contributed by atoms with van der Waals surface area (Å²) in [5.41, 5.74) is 7.99. The lowest BCUT2D eigenvalue weighted by atomic mass is 10.2. The predicted molar refractivity (Wildman–Crippen MR) is 100 cm³/mol. The van der Waals surface area contributed by atoms with Crippen LogP contribution in [0.2, 0.25) is 0 Å². The molecule has 8 nitrogen and oxygen atoms in total. The van der Waals surface area contributed by atoms with E-state index in [1.54, 1.807) is 12.3 Å². The molecule has 0 atom stereocenters. The number of oxime groups is 1. The largest absolute Gasteiger partial charge is 0.494 e. The quantitative estimate of drug-likeness (QED) is 0.307. The van der Waals surface area contributed by atoms with Crippen molar-refractivity contribution in [3.63, 3.8) is 0 Å². The fraction of sp³-hybridized carbons (Fsp3) is 0.278. The van der Waals surface area contributed by atoms with Crippen molar-refractivity contribution in [1.29, 1.82) is 0 Å². The minimum Gasteiger partial charge on any atom is -0.494 e. The Labute approximate surface area is 152 Å². The molecule has 0 spiro atoms. The third-order valence-corrected chi connectivity index (χ3v) is 3.35. The molecular weight excluding hydrogens is 334 g/mol. The van der Waals surface area contributed by atoms with Crippen LogP contribution in [0.5, 0.6) is 11.6 Å². The highest BCUT2D eigenvalue weighted by molar-refractivity contribution is 5.98. The molecule has 0 aliphatic rings. The van der Waals surface area contributed by atoms with E-state index in [2.05, 4.69) is 15.2 Å². The molecule has 0 unspecified atom stereocenters. The number of ether oxygens (including phenoxy) is 2. The minimum absolute atomic E-state index is 0.0844. The number of hydrazone groups is 1. The van der Waals surface area contributed by atoms with Crippen molar-refractivity contribution in [1.82, 2.24) is 4.98 Å². The third kappa shape index (κ3) is 5.97. The zero-order valence-electron chi connectivity index (χ0n) is 14.9. The van der Waals surface area contributed by atoms with E-state index < -0.39 is 0 Å². The maximum atomic E-state index is 5.45. The molecule has 8 heteroatoms. The number of aromatic nitrogens is 1. The molecule has 138 valence electrons. The molecule has 2 aromatic rings. The molecule has 1 aromatic heterocycles. The maximum Gasteiger partial charge on any atom is 0.213 e. The highest BCUT2D eigenvalue weighted by Gasteiger charge is 2.02. The van der Waals surface area contributed by atoms with E-state index in [0.717, 1.165) is 16.9 Å². The van der Waals surface area contributed by atoms with Crippen molar-refractivity contribution in [2.45, 2.75) is 20.5 Å². The van der Waals surface area contributed by atoms with Gasteiger partial charge in [-0.15, -0.1) is 0 Å². The first-order chi connectivity index (χ1) is 12.6. The van der Waals surface area contributed by atoms with E-state index >= 15 is 0 Å². The Bertz CT molecular complexity index is 742. The lowest BCUT2D eigenvalue weighted by Crippen LogP contribution is -2.22. The van der Waals surface area contributed by atoms with Crippen LogP contribution in [0.25, 0.3) is 0 Å². The number of nitrogens with zero attached hydrogens (tertiary/aromatic N) is 3. The Hall–Kier alpha value is -3.29. The van der Waals surface area contributed by atoms with Crippen molar-refractivity contribution < 1.29 is 14.3 Å². The van der Waals surface area contributed by atoms with Crippen molar-refractivity contribution >= 4 is 11.5 Å². The number of amidine groups is 1. The number of nitrogens with two attached hydrogens (primary N) is 2. The summed E-state index contributed by atoms with van der Waals surface area (Å²) in [6.45, 7) is 4.89. The number of hydrogen-bond acceptors (Lipinski definition) is 7. The normalized spacial score (nSPS) is 11.9. The van der Waals surface area contributed by atoms with Gasteiger partial charge in [0, 0.05) is 17.8 Å². The molecule has 26 heavy (non-hydrogen) atoms. The second-order valence-electron chi connectivity index (χ2n) is 5.32. The molecule has 0 aliphatic carbocycles. The van der Waals surface area contributed by atoms with Gasteiger partial charge in [0.25, 0.3) is 0 Å². The van der Waals surface area contributed by atoms with Crippen LogP contribution in [-0.2, 0) is 11.4 Å². The Morgan fingerprint density at radius 1 is 1.12 bits per heavy atom. The van der Waals surface area contributed by atoms with Gasteiger partial charge in [0.05, 0.1) is 12.3 Å². The topological polar surface area (TPSA) is 117 Å². The highest BCUT2D eigenvalue weighted by atomic mass is 16.6. The molecule has 4 N–H and O–H groups in total. The Balaban J connectivity index is 1.86. The summed E-state index contributed by atoms with van der Waals surface area (Å²) >= 11 is 0. The molecule has 1 heterocycles. The van der Waals surface area contributed by atoms with Gasteiger partial charge in [-0.3, -0.25) is 0 Å². The molecule has 0 saturated carbocycles. The molecular formula is C18H23N5O3. The molecule has 0 bridgehead atoms. The van der Waals surface area contributed by atoms with E-state index in [0.29, 0.717) is 24.8 Å². The van der Waals surface area contributed by atoms with Gasteiger partial charge in [-0.2, -0.15) is 5.10 Å². The average Bonchev–Trinajstić information content (AvgIpc) is 2.68. The zero-order valence-corrected chi connectivity index (χ0v) is 14.9. The number of rotatable bonds is 9. The second-order valence-corrected chi connectivity index (χ2v) is 5.32. The summed E-state index contributed by atoms with van der Waals surface area (Å²) in [7, 11) is 0. The van der Waals surface area contributed by atoms with Crippen LogP contribution in [0.1, 0.15) is 25.0 Å². The number of benzene rings is 1. The van der Waals surface area contributed by atoms with Gasteiger partial charge in [0.2, 0.25) is 5.88 Å². The number of hydrogen-bond donors (Lipinski definition) is 2. The lowest BCUT2D eigenvalue weighted by molar-refractivity contribution is 0.130. The van der Waals surface area contributed by atoms with Gasteiger partial charge >= 0.3 is 0 Å². The fourth-order valence-corrected chi connectivity index (χ4v) is 1.97. The highest BCUT2D eigenvalue weighted by Crippen LogP contribution is 2.13. The second kappa shape index (κ2) is 9.87. The summed E-state index contributed by atoms with van der Waals surface area (Å²) in [4.78, 5) is 9.58. The Kier molecular flexibility index (Phi) is 7.23. The average molecular weight is 357 g/mol. The summed E-state index contributed by atoms with van der Waals surface area (Å²) < 4.78 is 10.7. The van der Waals surface area contributed by atoms with E-state index in [1.165, 1.54) is 0 Å². The van der Waals surface area contributed by atoms with E-state index in [-0.39, 0.29) is 12.4 Å². The Morgan fingerprint density at radius 3 is 2.50 bits per heavy atom. The van der Waals surface area contributed by atoms with Gasteiger partial charge in [-0.1, -0.05) is 17.3 Å². The van der Waals surface area contributed by atoms with Crippen LogP contribution in [0.4, 0.5) is 0 Å². The SMILES string of the molecule is CCOc1ccc(CO/N=C(\C)c2ccc(OC/C(N)=N/N)nc2)cc1. The third-order valence-electron chi connectivity index (χ3n) is 3.35. The minimum atomic E-state index is 0.0844. The van der Waals surface area contributed by atoms with Gasteiger partial charge in [0.15, 0.2) is 5.84 Å².